The van der Waals surface area contributed by atoms with Crippen LogP contribution in [-0.2, 0) is 6.54 Å². The van der Waals surface area contributed by atoms with Gasteiger partial charge in [0.1, 0.15) is 17.2 Å². The molecule has 4 N–H and O–H groups in total. The van der Waals surface area contributed by atoms with E-state index in [1.807, 2.05) is 0 Å². The second-order valence-corrected chi connectivity index (χ2v) is 3.68. The molecule has 0 saturated heterocycles. The summed E-state index contributed by atoms with van der Waals surface area (Å²) in [6.07, 6.45) is 0. The molecule has 4 nitrogen and oxygen atoms in total. The summed E-state index contributed by atoms with van der Waals surface area (Å²) in [5.41, 5.74) is 1.24. The molecule has 88 valence electrons. The van der Waals surface area contributed by atoms with Gasteiger partial charge in [-0.25, -0.2) is 0 Å². The number of hydrogen-bond donors (Lipinski definition) is 4. The Hall–Kier alpha value is -2.36. The first kappa shape index (κ1) is 11.1. The summed E-state index contributed by atoms with van der Waals surface area (Å²) >= 11 is 0. The van der Waals surface area contributed by atoms with Crippen molar-refractivity contribution in [3.8, 4) is 17.2 Å². The summed E-state index contributed by atoms with van der Waals surface area (Å²) in [4.78, 5) is 0. The molecule has 17 heavy (non-hydrogen) atoms. The van der Waals surface area contributed by atoms with Gasteiger partial charge in [-0.05, 0) is 24.3 Å². The van der Waals surface area contributed by atoms with Crippen LogP contribution >= 0.6 is 0 Å². The summed E-state index contributed by atoms with van der Waals surface area (Å²) in [6.45, 7) is 0.365. The molecule has 0 saturated carbocycles. The highest BCUT2D eigenvalue weighted by atomic mass is 16.3. The van der Waals surface area contributed by atoms with Gasteiger partial charge in [-0.1, -0.05) is 12.1 Å². The van der Waals surface area contributed by atoms with Crippen molar-refractivity contribution in [2.24, 2.45) is 0 Å². The molecule has 0 fully saturated rings. The molecule has 0 amide bonds. The maximum Gasteiger partial charge on any atom is 0.138 e. The second-order valence-electron chi connectivity index (χ2n) is 3.68. The number of aromatic hydroxyl groups is 3. The van der Waals surface area contributed by atoms with E-state index in [9.17, 15) is 10.2 Å². The molecule has 2 aromatic carbocycles. The van der Waals surface area contributed by atoms with Crippen LogP contribution in [0.4, 0.5) is 5.69 Å². The van der Waals surface area contributed by atoms with E-state index in [0.717, 1.165) is 0 Å². The Balaban J connectivity index is 2.10. The molecule has 0 atom stereocenters. The molecule has 0 aliphatic carbocycles. The van der Waals surface area contributed by atoms with Crippen LogP contribution in [0.3, 0.4) is 0 Å². The Morgan fingerprint density at radius 3 is 2.35 bits per heavy atom. The number of rotatable bonds is 3. The fourth-order valence-electron chi connectivity index (χ4n) is 1.52. The van der Waals surface area contributed by atoms with Gasteiger partial charge in [0.25, 0.3) is 0 Å². The Bertz CT molecular complexity index is 526. The zero-order chi connectivity index (χ0) is 12.3. The van der Waals surface area contributed by atoms with Gasteiger partial charge >= 0.3 is 0 Å². The maximum atomic E-state index is 9.58. The first-order valence-electron chi connectivity index (χ1n) is 5.19. The molecule has 0 aromatic heterocycles. The lowest BCUT2D eigenvalue weighted by Gasteiger charge is -2.09. The van der Waals surface area contributed by atoms with Crippen molar-refractivity contribution >= 4 is 5.69 Å². The van der Waals surface area contributed by atoms with Crippen molar-refractivity contribution in [2.75, 3.05) is 5.32 Å². The molecule has 0 heterocycles. The SMILES string of the molecule is Oc1ccc(CNc2ccccc2O)c(O)c1. The van der Waals surface area contributed by atoms with Gasteiger partial charge in [0.15, 0.2) is 0 Å². The molecular formula is C13H13NO3. The Morgan fingerprint density at radius 1 is 0.882 bits per heavy atom. The van der Waals surface area contributed by atoms with Crippen LogP contribution in [-0.4, -0.2) is 15.3 Å². The van der Waals surface area contributed by atoms with E-state index in [1.54, 1.807) is 30.3 Å². The number of anilines is 1. The first-order chi connectivity index (χ1) is 8.16. The minimum absolute atomic E-state index is 0.0212. The highest BCUT2D eigenvalue weighted by molar-refractivity contribution is 5.56. The third-order valence-corrected chi connectivity index (χ3v) is 2.44. The van der Waals surface area contributed by atoms with Crippen LogP contribution in [0.5, 0.6) is 17.2 Å². The zero-order valence-corrected chi connectivity index (χ0v) is 9.09. The van der Waals surface area contributed by atoms with Crippen LogP contribution in [0.25, 0.3) is 0 Å². The van der Waals surface area contributed by atoms with Gasteiger partial charge in [0.2, 0.25) is 0 Å². The van der Waals surface area contributed by atoms with E-state index >= 15 is 0 Å². The van der Waals surface area contributed by atoms with E-state index in [-0.39, 0.29) is 17.2 Å². The van der Waals surface area contributed by atoms with Crippen molar-refractivity contribution in [2.45, 2.75) is 6.54 Å². The van der Waals surface area contributed by atoms with Gasteiger partial charge in [-0.2, -0.15) is 0 Å². The predicted octanol–water partition coefficient (Wildman–Crippen LogP) is 2.42. The van der Waals surface area contributed by atoms with Gasteiger partial charge < -0.3 is 20.6 Å². The number of benzene rings is 2. The molecule has 2 rings (SSSR count). The minimum Gasteiger partial charge on any atom is -0.508 e. The average molecular weight is 231 g/mol. The topological polar surface area (TPSA) is 72.7 Å². The average Bonchev–Trinajstić information content (AvgIpc) is 2.30. The molecule has 2 aromatic rings. The number of para-hydroxylation sites is 2. The van der Waals surface area contributed by atoms with Gasteiger partial charge in [-0.15, -0.1) is 0 Å². The summed E-state index contributed by atoms with van der Waals surface area (Å²) in [5.74, 6) is 0.201. The second kappa shape index (κ2) is 4.65. The number of nitrogens with one attached hydrogen (secondary N) is 1. The van der Waals surface area contributed by atoms with Crippen LogP contribution in [0.15, 0.2) is 42.5 Å². The normalized spacial score (nSPS) is 10.1. The van der Waals surface area contributed by atoms with Crippen molar-refractivity contribution in [1.82, 2.24) is 0 Å². The van der Waals surface area contributed by atoms with Crippen molar-refractivity contribution in [3.63, 3.8) is 0 Å². The van der Waals surface area contributed by atoms with Crippen LogP contribution in [0.2, 0.25) is 0 Å². The largest absolute Gasteiger partial charge is 0.508 e. The summed E-state index contributed by atoms with van der Waals surface area (Å²) in [6, 6.07) is 11.3. The monoisotopic (exact) mass is 231 g/mol. The van der Waals surface area contributed by atoms with Crippen LogP contribution in [0.1, 0.15) is 5.56 Å². The van der Waals surface area contributed by atoms with E-state index in [2.05, 4.69) is 5.32 Å². The summed E-state index contributed by atoms with van der Waals surface area (Å²) < 4.78 is 0. The Morgan fingerprint density at radius 2 is 1.65 bits per heavy atom. The molecule has 0 aliphatic heterocycles. The lowest BCUT2D eigenvalue weighted by molar-refractivity contribution is 0.446. The van der Waals surface area contributed by atoms with Gasteiger partial charge in [0, 0.05) is 18.2 Å². The quantitative estimate of drug-likeness (QED) is 0.612. The van der Waals surface area contributed by atoms with Crippen molar-refractivity contribution < 1.29 is 15.3 Å². The standard InChI is InChI=1S/C13H13NO3/c15-10-6-5-9(13(17)7-10)8-14-11-3-1-2-4-12(11)16/h1-7,14-17H,8H2. The molecule has 0 radical (unpaired) electrons. The lowest BCUT2D eigenvalue weighted by atomic mass is 10.2. The van der Waals surface area contributed by atoms with E-state index in [4.69, 9.17) is 5.11 Å². The third kappa shape index (κ3) is 2.60. The van der Waals surface area contributed by atoms with Crippen LogP contribution < -0.4 is 5.32 Å². The fraction of sp³-hybridized carbons (Fsp3) is 0.0769. The number of phenols is 3. The van der Waals surface area contributed by atoms with E-state index in [0.29, 0.717) is 17.8 Å². The molecule has 0 unspecified atom stereocenters. The van der Waals surface area contributed by atoms with Crippen molar-refractivity contribution in [1.29, 1.82) is 0 Å². The number of hydrogen-bond acceptors (Lipinski definition) is 4. The lowest BCUT2D eigenvalue weighted by Crippen LogP contribution is -1.99. The zero-order valence-electron chi connectivity index (χ0n) is 9.09. The highest BCUT2D eigenvalue weighted by Crippen LogP contribution is 2.26. The molecule has 0 spiro atoms. The van der Waals surface area contributed by atoms with Crippen molar-refractivity contribution in [3.05, 3.63) is 48.0 Å². The molecular weight excluding hydrogens is 218 g/mol. The Kier molecular flexibility index (Phi) is 3.05. The van der Waals surface area contributed by atoms with E-state index in [1.165, 1.54) is 12.1 Å². The van der Waals surface area contributed by atoms with Gasteiger partial charge in [-0.3, -0.25) is 0 Å². The third-order valence-electron chi connectivity index (χ3n) is 2.44. The predicted molar refractivity (Wildman–Crippen MR) is 65.2 cm³/mol. The smallest absolute Gasteiger partial charge is 0.138 e. The minimum atomic E-state index is 0.0212. The molecule has 4 heteroatoms. The van der Waals surface area contributed by atoms with E-state index < -0.39 is 0 Å². The summed E-state index contributed by atoms with van der Waals surface area (Å²) in [5, 5.41) is 31.3. The van der Waals surface area contributed by atoms with Crippen LogP contribution in [0, 0.1) is 0 Å². The Labute approximate surface area is 98.8 Å². The first-order valence-corrected chi connectivity index (χ1v) is 5.19. The molecule has 0 bridgehead atoms. The summed E-state index contributed by atoms with van der Waals surface area (Å²) in [7, 11) is 0. The van der Waals surface area contributed by atoms with Gasteiger partial charge in [0.05, 0.1) is 5.69 Å². The maximum absolute atomic E-state index is 9.58. The number of phenolic OH excluding ortho intramolecular Hbond substituents is 3. The fourth-order valence-corrected chi connectivity index (χ4v) is 1.52. The molecule has 0 aliphatic rings. The highest BCUT2D eigenvalue weighted by Gasteiger charge is 2.03.